The lowest BCUT2D eigenvalue weighted by Crippen LogP contribution is -2.32. The molecule has 0 saturated carbocycles. The van der Waals surface area contributed by atoms with Crippen molar-refractivity contribution in [2.75, 3.05) is 0 Å². The van der Waals surface area contributed by atoms with E-state index in [9.17, 15) is 14.0 Å². The number of amides is 1. The molecule has 0 atom stereocenters. The van der Waals surface area contributed by atoms with E-state index in [0.29, 0.717) is 11.8 Å². The molecule has 18 heavy (non-hydrogen) atoms. The molecule has 1 N–H and O–H groups in total. The van der Waals surface area contributed by atoms with Gasteiger partial charge in [-0.15, -0.1) is 0 Å². The number of ether oxygens (including phenoxy) is 1. The van der Waals surface area contributed by atoms with Gasteiger partial charge < -0.3 is 10.1 Å². The van der Waals surface area contributed by atoms with Crippen LogP contribution in [-0.2, 0) is 11.3 Å². The van der Waals surface area contributed by atoms with Crippen LogP contribution in [0, 0.1) is 5.82 Å². The average molecular weight is 253 g/mol. The molecule has 0 aromatic heterocycles. The fraction of sp³-hybridized carbons (Fsp3) is 0.385. The van der Waals surface area contributed by atoms with E-state index in [1.165, 1.54) is 12.1 Å². The number of alkyl carbamates (subject to hydrolysis) is 1. The predicted molar refractivity (Wildman–Crippen MR) is 64.9 cm³/mol. The molecule has 0 bridgehead atoms. The topological polar surface area (TPSA) is 55.4 Å². The van der Waals surface area contributed by atoms with Crippen LogP contribution < -0.4 is 5.32 Å². The maximum Gasteiger partial charge on any atom is 0.407 e. The Labute approximate surface area is 105 Å². The lowest BCUT2D eigenvalue weighted by atomic mass is 10.1. The Kier molecular flexibility index (Phi) is 4.42. The zero-order valence-electron chi connectivity index (χ0n) is 10.6. The van der Waals surface area contributed by atoms with Gasteiger partial charge in [0.05, 0.1) is 0 Å². The minimum absolute atomic E-state index is 0.105. The summed E-state index contributed by atoms with van der Waals surface area (Å²) >= 11 is 0. The number of rotatable bonds is 3. The number of halogens is 1. The van der Waals surface area contributed by atoms with Crippen molar-refractivity contribution in [1.82, 2.24) is 5.32 Å². The molecule has 1 amide bonds. The zero-order chi connectivity index (χ0) is 13.8. The number of carbonyl (C=O) groups is 2. The molecule has 0 aliphatic heterocycles. The van der Waals surface area contributed by atoms with Gasteiger partial charge in [-0.05, 0) is 44.5 Å². The van der Waals surface area contributed by atoms with E-state index in [0.717, 1.165) is 6.07 Å². The first-order chi connectivity index (χ1) is 8.30. The van der Waals surface area contributed by atoms with Gasteiger partial charge in [-0.1, -0.05) is 0 Å². The van der Waals surface area contributed by atoms with E-state index in [1.54, 1.807) is 20.8 Å². The predicted octanol–water partition coefficient (Wildman–Crippen LogP) is 2.66. The highest BCUT2D eigenvalue weighted by Crippen LogP contribution is 2.09. The Hall–Kier alpha value is -1.91. The van der Waals surface area contributed by atoms with Crippen molar-refractivity contribution >= 4 is 12.4 Å². The number of hydrogen-bond donors (Lipinski definition) is 1. The van der Waals surface area contributed by atoms with Crippen LogP contribution in [0.2, 0.25) is 0 Å². The molecule has 1 rings (SSSR count). The molecule has 4 nitrogen and oxygen atoms in total. The van der Waals surface area contributed by atoms with E-state index >= 15 is 0 Å². The Morgan fingerprint density at radius 1 is 1.39 bits per heavy atom. The summed E-state index contributed by atoms with van der Waals surface area (Å²) in [6, 6.07) is 3.89. The highest BCUT2D eigenvalue weighted by atomic mass is 19.1. The molecule has 0 aliphatic rings. The van der Waals surface area contributed by atoms with Gasteiger partial charge in [-0.25, -0.2) is 9.18 Å². The maximum atomic E-state index is 13.1. The molecular formula is C13H16FNO3. The minimum Gasteiger partial charge on any atom is -0.444 e. The molecule has 0 fully saturated rings. The maximum absolute atomic E-state index is 13.1. The van der Waals surface area contributed by atoms with Gasteiger partial charge in [0.15, 0.2) is 0 Å². The average Bonchev–Trinajstić information content (AvgIpc) is 2.23. The largest absolute Gasteiger partial charge is 0.444 e. The third-order valence-electron chi connectivity index (χ3n) is 1.95. The second kappa shape index (κ2) is 5.62. The highest BCUT2D eigenvalue weighted by molar-refractivity contribution is 5.75. The Morgan fingerprint density at radius 2 is 2.06 bits per heavy atom. The molecule has 1 aromatic carbocycles. The van der Waals surface area contributed by atoms with Crippen molar-refractivity contribution in [3.63, 3.8) is 0 Å². The van der Waals surface area contributed by atoms with Gasteiger partial charge in [0.1, 0.15) is 17.7 Å². The molecule has 0 saturated heterocycles. The standard InChI is InChI=1S/C13H16FNO3/c1-13(2,3)18-12(17)15-7-9-4-10(8-16)6-11(14)5-9/h4-6,8H,7H2,1-3H3,(H,15,17). The van der Waals surface area contributed by atoms with Crippen molar-refractivity contribution in [1.29, 1.82) is 0 Å². The summed E-state index contributed by atoms with van der Waals surface area (Å²) in [5, 5.41) is 2.49. The highest BCUT2D eigenvalue weighted by Gasteiger charge is 2.15. The fourth-order valence-corrected chi connectivity index (χ4v) is 1.33. The van der Waals surface area contributed by atoms with Crippen molar-refractivity contribution in [3.05, 3.63) is 35.1 Å². The monoisotopic (exact) mass is 253 g/mol. The van der Waals surface area contributed by atoms with Crippen LogP contribution in [0.15, 0.2) is 18.2 Å². The van der Waals surface area contributed by atoms with E-state index < -0.39 is 17.5 Å². The van der Waals surface area contributed by atoms with E-state index in [-0.39, 0.29) is 12.1 Å². The van der Waals surface area contributed by atoms with Crippen molar-refractivity contribution < 1.29 is 18.7 Å². The van der Waals surface area contributed by atoms with Crippen LogP contribution in [0.4, 0.5) is 9.18 Å². The summed E-state index contributed by atoms with van der Waals surface area (Å²) in [5.41, 5.74) is 0.152. The molecule has 0 heterocycles. The number of nitrogens with one attached hydrogen (secondary N) is 1. The summed E-state index contributed by atoms with van der Waals surface area (Å²) < 4.78 is 18.1. The molecular weight excluding hydrogens is 237 g/mol. The number of benzene rings is 1. The van der Waals surface area contributed by atoms with Crippen LogP contribution in [0.1, 0.15) is 36.7 Å². The summed E-state index contributed by atoms with van der Waals surface area (Å²) in [6.45, 7) is 5.35. The molecule has 0 spiro atoms. The van der Waals surface area contributed by atoms with Crippen molar-refractivity contribution in [3.8, 4) is 0 Å². The normalized spacial score (nSPS) is 10.9. The molecule has 0 unspecified atom stereocenters. The molecule has 0 aliphatic carbocycles. The Bertz CT molecular complexity index is 452. The van der Waals surface area contributed by atoms with Crippen molar-refractivity contribution in [2.24, 2.45) is 0 Å². The second-order valence-corrected chi connectivity index (χ2v) is 4.87. The van der Waals surface area contributed by atoms with Crippen molar-refractivity contribution in [2.45, 2.75) is 32.9 Å². The number of hydrogen-bond acceptors (Lipinski definition) is 3. The van der Waals surface area contributed by atoms with Crippen LogP contribution in [0.25, 0.3) is 0 Å². The Morgan fingerprint density at radius 3 is 2.61 bits per heavy atom. The molecule has 1 aromatic rings. The summed E-state index contributed by atoms with van der Waals surface area (Å²) in [6.07, 6.45) is -0.0283. The number of aldehydes is 1. The van der Waals surface area contributed by atoms with Gasteiger partial charge >= 0.3 is 6.09 Å². The summed E-state index contributed by atoms with van der Waals surface area (Å²) in [5.74, 6) is -0.513. The van der Waals surface area contributed by atoms with Crippen LogP contribution >= 0.6 is 0 Å². The minimum atomic E-state index is -0.584. The van der Waals surface area contributed by atoms with Gasteiger partial charge in [0, 0.05) is 12.1 Å². The lowest BCUT2D eigenvalue weighted by molar-refractivity contribution is 0.0523. The van der Waals surface area contributed by atoms with E-state index in [1.807, 2.05) is 0 Å². The van der Waals surface area contributed by atoms with Gasteiger partial charge in [-0.2, -0.15) is 0 Å². The SMILES string of the molecule is CC(C)(C)OC(=O)NCc1cc(F)cc(C=O)c1. The van der Waals surface area contributed by atoms with Crippen LogP contribution in [0.5, 0.6) is 0 Å². The van der Waals surface area contributed by atoms with Gasteiger partial charge in [0.2, 0.25) is 0 Å². The first-order valence-electron chi connectivity index (χ1n) is 5.51. The van der Waals surface area contributed by atoms with Crippen LogP contribution in [-0.4, -0.2) is 18.0 Å². The first kappa shape index (κ1) is 14.2. The lowest BCUT2D eigenvalue weighted by Gasteiger charge is -2.19. The van der Waals surface area contributed by atoms with Crippen LogP contribution in [0.3, 0.4) is 0 Å². The molecule has 0 radical (unpaired) electrons. The first-order valence-corrected chi connectivity index (χ1v) is 5.51. The number of carbonyl (C=O) groups excluding carboxylic acids is 2. The van der Waals surface area contributed by atoms with Gasteiger partial charge in [-0.3, -0.25) is 4.79 Å². The second-order valence-electron chi connectivity index (χ2n) is 4.87. The van der Waals surface area contributed by atoms with Gasteiger partial charge in [0.25, 0.3) is 0 Å². The fourth-order valence-electron chi connectivity index (χ4n) is 1.33. The molecule has 5 heteroatoms. The summed E-state index contributed by atoms with van der Waals surface area (Å²) in [4.78, 5) is 21.9. The van der Waals surface area contributed by atoms with E-state index in [2.05, 4.69) is 5.32 Å². The smallest absolute Gasteiger partial charge is 0.407 e. The summed E-state index contributed by atoms with van der Waals surface area (Å²) in [7, 11) is 0. The third-order valence-corrected chi connectivity index (χ3v) is 1.95. The molecule has 98 valence electrons. The Balaban J connectivity index is 2.61. The third kappa shape index (κ3) is 4.95. The quantitative estimate of drug-likeness (QED) is 0.842. The van der Waals surface area contributed by atoms with E-state index in [4.69, 9.17) is 4.74 Å². The zero-order valence-corrected chi connectivity index (χ0v) is 10.6.